The van der Waals surface area contributed by atoms with Gasteiger partial charge in [-0.05, 0) is 43.5 Å². The van der Waals surface area contributed by atoms with Gasteiger partial charge in [0.1, 0.15) is 5.75 Å². The van der Waals surface area contributed by atoms with Crippen LogP contribution in [0.3, 0.4) is 0 Å². The monoisotopic (exact) mass is 278 g/mol. The number of carbonyl (C=O) groups is 1. The van der Waals surface area contributed by atoms with Crippen LogP contribution in [0.1, 0.15) is 32.3 Å². The van der Waals surface area contributed by atoms with Gasteiger partial charge in [-0.2, -0.15) is 0 Å². The topological polar surface area (TPSA) is 50.4 Å². The summed E-state index contributed by atoms with van der Waals surface area (Å²) in [5, 5.41) is 6.18. The van der Waals surface area contributed by atoms with Crippen molar-refractivity contribution in [1.29, 1.82) is 0 Å². The summed E-state index contributed by atoms with van der Waals surface area (Å²) in [4.78, 5) is 11.7. The Morgan fingerprint density at radius 1 is 1.20 bits per heavy atom. The number of rotatable bonds is 9. The fraction of sp³-hybridized carbons (Fsp3) is 0.562. The van der Waals surface area contributed by atoms with E-state index in [9.17, 15) is 4.79 Å². The second-order valence-electron chi connectivity index (χ2n) is 4.86. The van der Waals surface area contributed by atoms with E-state index in [1.165, 1.54) is 5.56 Å². The Balaban J connectivity index is 2.19. The zero-order chi connectivity index (χ0) is 14.8. The summed E-state index contributed by atoms with van der Waals surface area (Å²) in [6.45, 7) is 5.35. The van der Waals surface area contributed by atoms with E-state index < -0.39 is 0 Å². The average molecular weight is 278 g/mol. The molecule has 4 heteroatoms. The van der Waals surface area contributed by atoms with Crippen molar-refractivity contribution in [3.05, 3.63) is 29.8 Å². The van der Waals surface area contributed by atoms with E-state index in [1.807, 2.05) is 24.3 Å². The maximum Gasteiger partial charge on any atom is 0.234 e. The van der Waals surface area contributed by atoms with Gasteiger partial charge in [0.05, 0.1) is 13.7 Å². The molecule has 4 nitrogen and oxygen atoms in total. The first-order chi connectivity index (χ1) is 9.69. The molecule has 0 radical (unpaired) electrons. The maximum atomic E-state index is 11.7. The number of carbonyl (C=O) groups excluding carboxylic acids is 1. The molecule has 1 aromatic rings. The Bertz CT molecular complexity index is 386. The minimum Gasteiger partial charge on any atom is -0.497 e. The fourth-order valence-electron chi connectivity index (χ4n) is 2.00. The first-order valence-electron chi connectivity index (χ1n) is 7.32. The molecule has 0 saturated carbocycles. The van der Waals surface area contributed by atoms with Crippen LogP contribution in [0.25, 0.3) is 0 Å². The van der Waals surface area contributed by atoms with Crippen LogP contribution in [-0.4, -0.2) is 32.1 Å². The standard InChI is InChI=1S/C16H26N2O2/c1-4-14(5-2)18-16(19)12-17-11-10-13-6-8-15(20-3)9-7-13/h6-9,14,17H,4-5,10-12H2,1-3H3,(H,18,19). The Hall–Kier alpha value is -1.55. The van der Waals surface area contributed by atoms with Crippen molar-refractivity contribution in [2.75, 3.05) is 20.2 Å². The molecule has 1 aromatic carbocycles. The van der Waals surface area contributed by atoms with Crippen molar-refractivity contribution < 1.29 is 9.53 Å². The second kappa shape index (κ2) is 9.37. The van der Waals surface area contributed by atoms with Gasteiger partial charge in [-0.1, -0.05) is 26.0 Å². The lowest BCUT2D eigenvalue weighted by Crippen LogP contribution is -2.40. The third-order valence-corrected chi connectivity index (χ3v) is 3.39. The Morgan fingerprint density at radius 3 is 2.40 bits per heavy atom. The van der Waals surface area contributed by atoms with Crippen LogP contribution in [0.2, 0.25) is 0 Å². The highest BCUT2D eigenvalue weighted by molar-refractivity contribution is 5.78. The number of nitrogens with one attached hydrogen (secondary N) is 2. The van der Waals surface area contributed by atoms with E-state index in [2.05, 4.69) is 24.5 Å². The molecule has 0 spiro atoms. The highest BCUT2D eigenvalue weighted by atomic mass is 16.5. The molecule has 0 heterocycles. The van der Waals surface area contributed by atoms with Crippen LogP contribution in [0.5, 0.6) is 5.75 Å². The number of ether oxygens (including phenoxy) is 1. The van der Waals surface area contributed by atoms with Crippen LogP contribution in [-0.2, 0) is 11.2 Å². The van der Waals surface area contributed by atoms with Crippen molar-refractivity contribution in [2.45, 2.75) is 39.2 Å². The minimum absolute atomic E-state index is 0.0773. The number of hydrogen-bond acceptors (Lipinski definition) is 3. The lowest BCUT2D eigenvalue weighted by molar-refractivity contribution is -0.121. The largest absolute Gasteiger partial charge is 0.497 e. The van der Waals surface area contributed by atoms with Crippen LogP contribution < -0.4 is 15.4 Å². The Labute approximate surface area is 121 Å². The number of amides is 1. The zero-order valence-corrected chi connectivity index (χ0v) is 12.7. The second-order valence-corrected chi connectivity index (χ2v) is 4.86. The lowest BCUT2D eigenvalue weighted by Gasteiger charge is -2.14. The smallest absolute Gasteiger partial charge is 0.234 e. The SMILES string of the molecule is CCC(CC)NC(=O)CNCCc1ccc(OC)cc1. The van der Waals surface area contributed by atoms with Crippen LogP contribution in [0.15, 0.2) is 24.3 Å². The summed E-state index contributed by atoms with van der Waals surface area (Å²) >= 11 is 0. The summed E-state index contributed by atoms with van der Waals surface area (Å²) in [6, 6.07) is 8.30. The van der Waals surface area contributed by atoms with E-state index >= 15 is 0 Å². The summed E-state index contributed by atoms with van der Waals surface area (Å²) in [5.41, 5.74) is 1.23. The molecule has 0 unspecified atom stereocenters. The Kier molecular flexibility index (Phi) is 7.73. The van der Waals surface area contributed by atoms with E-state index in [0.717, 1.165) is 31.6 Å². The highest BCUT2D eigenvalue weighted by Crippen LogP contribution is 2.11. The molecular formula is C16H26N2O2. The van der Waals surface area contributed by atoms with Crippen LogP contribution in [0.4, 0.5) is 0 Å². The summed E-state index contributed by atoms with van der Waals surface area (Å²) in [7, 11) is 1.66. The molecule has 0 aliphatic rings. The highest BCUT2D eigenvalue weighted by Gasteiger charge is 2.07. The molecule has 0 atom stereocenters. The summed E-state index contributed by atoms with van der Waals surface area (Å²) < 4.78 is 5.12. The van der Waals surface area contributed by atoms with Gasteiger partial charge in [0.15, 0.2) is 0 Å². The molecule has 0 fully saturated rings. The molecule has 2 N–H and O–H groups in total. The van der Waals surface area contributed by atoms with E-state index in [1.54, 1.807) is 7.11 Å². The van der Waals surface area contributed by atoms with Gasteiger partial charge in [-0.25, -0.2) is 0 Å². The average Bonchev–Trinajstić information content (AvgIpc) is 2.49. The van der Waals surface area contributed by atoms with E-state index in [4.69, 9.17) is 4.74 Å². The predicted octanol–water partition coefficient (Wildman–Crippen LogP) is 2.13. The predicted molar refractivity (Wildman–Crippen MR) is 82.1 cm³/mol. The third-order valence-electron chi connectivity index (χ3n) is 3.39. The van der Waals surface area contributed by atoms with Gasteiger partial charge in [0.25, 0.3) is 0 Å². The van der Waals surface area contributed by atoms with Crippen molar-refractivity contribution in [2.24, 2.45) is 0 Å². The first-order valence-corrected chi connectivity index (χ1v) is 7.32. The number of hydrogen-bond donors (Lipinski definition) is 2. The van der Waals surface area contributed by atoms with Crippen molar-refractivity contribution in [1.82, 2.24) is 10.6 Å². The molecule has 20 heavy (non-hydrogen) atoms. The van der Waals surface area contributed by atoms with Crippen LogP contribution >= 0.6 is 0 Å². The molecule has 0 saturated heterocycles. The molecule has 0 aliphatic carbocycles. The summed E-state index contributed by atoms with van der Waals surface area (Å²) in [5.74, 6) is 0.944. The molecular weight excluding hydrogens is 252 g/mol. The van der Waals surface area contributed by atoms with E-state index in [-0.39, 0.29) is 5.91 Å². The van der Waals surface area contributed by atoms with Gasteiger partial charge in [0.2, 0.25) is 5.91 Å². The van der Waals surface area contributed by atoms with Gasteiger partial charge < -0.3 is 15.4 Å². The molecule has 1 rings (SSSR count). The van der Waals surface area contributed by atoms with Gasteiger partial charge in [-0.15, -0.1) is 0 Å². The van der Waals surface area contributed by atoms with E-state index in [0.29, 0.717) is 12.6 Å². The van der Waals surface area contributed by atoms with Crippen LogP contribution in [0, 0.1) is 0 Å². The first kappa shape index (κ1) is 16.5. The lowest BCUT2D eigenvalue weighted by atomic mass is 10.1. The van der Waals surface area contributed by atoms with Crippen molar-refractivity contribution >= 4 is 5.91 Å². The molecule has 1 amide bonds. The van der Waals surface area contributed by atoms with Crippen molar-refractivity contribution in [3.63, 3.8) is 0 Å². The normalized spacial score (nSPS) is 10.6. The molecule has 112 valence electrons. The Morgan fingerprint density at radius 2 is 1.85 bits per heavy atom. The molecule has 0 aliphatic heterocycles. The zero-order valence-electron chi connectivity index (χ0n) is 12.7. The number of methoxy groups -OCH3 is 1. The summed E-state index contributed by atoms with van der Waals surface area (Å²) in [6.07, 6.45) is 2.87. The molecule has 0 bridgehead atoms. The molecule has 0 aromatic heterocycles. The van der Waals surface area contributed by atoms with Gasteiger partial charge in [-0.3, -0.25) is 4.79 Å². The minimum atomic E-state index is 0.0773. The maximum absolute atomic E-state index is 11.7. The van der Waals surface area contributed by atoms with Crippen molar-refractivity contribution in [3.8, 4) is 5.75 Å². The number of benzene rings is 1. The quantitative estimate of drug-likeness (QED) is 0.680. The third kappa shape index (κ3) is 6.06. The van der Waals surface area contributed by atoms with Gasteiger partial charge in [0, 0.05) is 6.04 Å². The van der Waals surface area contributed by atoms with Gasteiger partial charge >= 0.3 is 0 Å². The fourth-order valence-corrected chi connectivity index (χ4v) is 2.00.